The average molecular weight is 336 g/mol. The van der Waals surface area contributed by atoms with Gasteiger partial charge in [-0.1, -0.05) is 23.7 Å². The molecule has 7 nitrogen and oxygen atoms in total. The third-order valence-electron chi connectivity index (χ3n) is 4.40. The molecule has 1 saturated heterocycles. The second kappa shape index (κ2) is 6.25. The monoisotopic (exact) mass is 335 g/mol. The summed E-state index contributed by atoms with van der Waals surface area (Å²) in [6.45, 7) is 2.74. The van der Waals surface area contributed by atoms with Crippen LogP contribution in [0.3, 0.4) is 0 Å². The first-order chi connectivity index (χ1) is 11.0. The van der Waals surface area contributed by atoms with Crippen molar-refractivity contribution in [3.05, 3.63) is 41.2 Å². The first-order valence-electron chi connectivity index (χ1n) is 7.49. The fourth-order valence-corrected chi connectivity index (χ4v) is 3.00. The Morgan fingerprint density at radius 1 is 1.30 bits per heavy atom. The van der Waals surface area contributed by atoms with Crippen LogP contribution in [0, 0.1) is 0 Å². The molecule has 0 spiro atoms. The van der Waals surface area contributed by atoms with Crippen molar-refractivity contribution >= 4 is 17.5 Å². The number of likely N-dealkylation sites (tertiary alicyclic amines) is 1. The number of piperidine rings is 1. The highest BCUT2D eigenvalue weighted by Gasteiger charge is 2.36. The number of tetrazole rings is 1. The maximum atomic E-state index is 12.5. The van der Waals surface area contributed by atoms with Crippen molar-refractivity contribution in [3.8, 4) is 0 Å². The van der Waals surface area contributed by atoms with E-state index in [1.165, 1.54) is 11.0 Å². The second-order valence-electron chi connectivity index (χ2n) is 5.83. The first kappa shape index (κ1) is 15.9. The Labute approximate surface area is 138 Å². The molecule has 1 aliphatic heterocycles. The lowest BCUT2D eigenvalue weighted by atomic mass is 9.84. The molecular weight excluding hydrogens is 318 g/mol. The van der Waals surface area contributed by atoms with Crippen LogP contribution in [0.25, 0.3) is 0 Å². The van der Waals surface area contributed by atoms with Crippen molar-refractivity contribution in [2.75, 3.05) is 13.1 Å². The predicted octanol–water partition coefficient (Wildman–Crippen LogP) is 1.40. The summed E-state index contributed by atoms with van der Waals surface area (Å²) in [7, 11) is 0. The molecule has 1 aromatic carbocycles. The molecule has 8 heteroatoms. The Kier molecular flexibility index (Phi) is 4.32. The summed E-state index contributed by atoms with van der Waals surface area (Å²) < 4.78 is 1.43. The lowest BCUT2D eigenvalue weighted by Crippen LogP contribution is -2.47. The minimum atomic E-state index is -0.917. The van der Waals surface area contributed by atoms with Crippen molar-refractivity contribution in [3.63, 3.8) is 0 Å². The van der Waals surface area contributed by atoms with Crippen LogP contribution in [0.15, 0.2) is 30.6 Å². The molecule has 1 amide bonds. The van der Waals surface area contributed by atoms with Crippen LogP contribution in [0.1, 0.15) is 31.4 Å². The number of benzene rings is 1. The van der Waals surface area contributed by atoms with Gasteiger partial charge in [0.05, 0.1) is 5.60 Å². The summed E-state index contributed by atoms with van der Waals surface area (Å²) >= 11 is 5.89. The Bertz CT molecular complexity index is 666. The Morgan fingerprint density at radius 2 is 1.96 bits per heavy atom. The third-order valence-corrected chi connectivity index (χ3v) is 4.65. The van der Waals surface area contributed by atoms with E-state index in [1.807, 2.05) is 12.1 Å². The largest absolute Gasteiger partial charge is 0.385 e. The number of aliphatic hydroxyl groups is 1. The van der Waals surface area contributed by atoms with Crippen LogP contribution >= 0.6 is 11.6 Å². The maximum absolute atomic E-state index is 12.5. The van der Waals surface area contributed by atoms with Crippen LogP contribution in [-0.4, -0.2) is 49.2 Å². The molecule has 0 bridgehead atoms. The molecule has 1 N–H and O–H groups in total. The first-order valence-corrected chi connectivity index (χ1v) is 7.87. The predicted molar refractivity (Wildman–Crippen MR) is 83.7 cm³/mol. The fraction of sp³-hybridized carbons (Fsp3) is 0.467. The minimum absolute atomic E-state index is 0.0459. The third kappa shape index (κ3) is 3.20. The van der Waals surface area contributed by atoms with Crippen molar-refractivity contribution in [2.24, 2.45) is 0 Å². The molecule has 3 rings (SSSR count). The zero-order chi connectivity index (χ0) is 16.4. The number of halogens is 1. The summed E-state index contributed by atoms with van der Waals surface area (Å²) in [5, 5.41) is 22.3. The Hall–Kier alpha value is -1.99. The molecule has 0 saturated carbocycles. The number of rotatable bonds is 3. The molecule has 122 valence electrons. The molecule has 23 heavy (non-hydrogen) atoms. The summed E-state index contributed by atoms with van der Waals surface area (Å²) in [6.07, 6.45) is 2.40. The van der Waals surface area contributed by atoms with Crippen LogP contribution in [0.4, 0.5) is 0 Å². The van der Waals surface area contributed by atoms with Gasteiger partial charge >= 0.3 is 0 Å². The average Bonchev–Trinajstić information content (AvgIpc) is 3.09. The topological polar surface area (TPSA) is 84.1 Å². The Balaban J connectivity index is 1.66. The maximum Gasteiger partial charge on any atom is 0.247 e. The number of hydrogen-bond donors (Lipinski definition) is 1. The summed E-state index contributed by atoms with van der Waals surface area (Å²) in [6, 6.07) is 6.76. The van der Waals surface area contributed by atoms with Crippen LogP contribution in [0.2, 0.25) is 5.02 Å². The lowest BCUT2D eigenvalue weighted by Gasteiger charge is -2.39. The highest BCUT2D eigenvalue weighted by Crippen LogP contribution is 2.33. The summed E-state index contributed by atoms with van der Waals surface area (Å²) in [4.78, 5) is 14.2. The molecule has 1 aliphatic rings. The van der Waals surface area contributed by atoms with E-state index in [4.69, 9.17) is 11.6 Å². The van der Waals surface area contributed by atoms with Crippen molar-refractivity contribution in [1.29, 1.82) is 0 Å². The summed E-state index contributed by atoms with van der Waals surface area (Å²) in [5.41, 5.74) is -0.0816. The molecule has 0 radical (unpaired) electrons. The van der Waals surface area contributed by atoms with Crippen LogP contribution in [0.5, 0.6) is 0 Å². The van der Waals surface area contributed by atoms with E-state index in [1.54, 1.807) is 24.0 Å². The van der Waals surface area contributed by atoms with E-state index in [2.05, 4.69) is 15.5 Å². The number of carbonyl (C=O) groups is 1. The molecular formula is C15H18ClN5O2. The molecule has 2 heterocycles. The van der Waals surface area contributed by atoms with E-state index in [0.29, 0.717) is 31.0 Å². The van der Waals surface area contributed by atoms with Gasteiger partial charge in [0.15, 0.2) is 0 Å². The van der Waals surface area contributed by atoms with Gasteiger partial charge in [0, 0.05) is 18.1 Å². The Morgan fingerprint density at radius 3 is 2.52 bits per heavy atom. The van der Waals surface area contributed by atoms with E-state index in [9.17, 15) is 9.90 Å². The minimum Gasteiger partial charge on any atom is -0.385 e. The van der Waals surface area contributed by atoms with Gasteiger partial charge in [-0.2, -0.15) is 0 Å². The van der Waals surface area contributed by atoms with Gasteiger partial charge in [-0.25, -0.2) is 4.68 Å². The van der Waals surface area contributed by atoms with Gasteiger partial charge in [-0.3, -0.25) is 4.79 Å². The second-order valence-corrected chi connectivity index (χ2v) is 6.27. The number of hydrogen-bond acceptors (Lipinski definition) is 5. The quantitative estimate of drug-likeness (QED) is 0.916. The zero-order valence-electron chi connectivity index (χ0n) is 12.8. The molecule has 1 fully saturated rings. The van der Waals surface area contributed by atoms with Crippen LogP contribution in [-0.2, 0) is 10.4 Å². The van der Waals surface area contributed by atoms with Crippen LogP contribution < -0.4 is 0 Å². The van der Waals surface area contributed by atoms with Gasteiger partial charge in [0.25, 0.3) is 0 Å². The lowest BCUT2D eigenvalue weighted by molar-refractivity contribution is -0.139. The zero-order valence-corrected chi connectivity index (χ0v) is 13.5. The van der Waals surface area contributed by atoms with E-state index < -0.39 is 11.6 Å². The molecule has 0 unspecified atom stereocenters. The van der Waals surface area contributed by atoms with Crippen molar-refractivity contribution < 1.29 is 9.90 Å². The number of carbonyl (C=O) groups excluding carboxylic acids is 1. The molecule has 1 atom stereocenters. The smallest absolute Gasteiger partial charge is 0.247 e. The van der Waals surface area contributed by atoms with E-state index in [-0.39, 0.29) is 5.91 Å². The number of nitrogens with zero attached hydrogens (tertiary/aromatic N) is 5. The van der Waals surface area contributed by atoms with Crippen molar-refractivity contribution in [2.45, 2.75) is 31.4 Å². The van der Waals surface area contributed by atoms with E-state index in [0.717, 1.165) is 5.56 Å². The molecule has 2 aromatic rings. The standard InChI is InChI=1S/C15H18ClN5O2/c1-11(21-10-17-18-19-21)14(22)20-8-6-15(23,7-9-20)12-2-4-13(16)5-3-12/h2-5,10-11,23H,6-9H2,1H3/t11-/m0/s1. The van der Waals surface area contributed by atoms with Gasteiger partial charge in [-0.05, 0) is 47.9 Å². The van der Waals surface area contributed by atoms with Gasteiger partial charge in [0.2, 0.25) is 5.91 Å². The number of aromatic nitrogens is 4. The van der Waals surface area contributed by atoms with Gasteiger partial charge < -0.3 is 10.0 Å². The SMILES string of the molecule is C[C@@H](C(=O)N1CCC(O)(c2ccc(Cl)cc2)CC1)n1cnnn1. The highest BCUT2D eigenvalue weighted by atomic mass is 35.5. The van der Waals surface area contributed by atoms with Gasteiger partial charge in [0.1, 0.15) is 12.4 Å². The van der Waals surface area contributed by atoms with Gasteiger partial charge in [-0.15, -0.1) is 5.10 Å². The highest BCUT2D eigenvalue weighted by molar-refractivity contribution is 6.30. The molecule has 0 aliphatic carbocycles. The summed E-state index contributed by atoms with van der Waals surface area (Å²) in [5.74, 6) is -0.0459. The number of amides is 1. The fourth-order valence-electron chi connectivity index (χ4n) is 2.87. The van der Waals surface area contributed by atoms with Crippen molar-refractivity contribution in [1.82, 2.24) is 25.1 Å². The molecule has 1 aromatic heterocycles. The van der Waals surface area contributed by atoms with E-state index >= 15 is 0 Å². The normalized spacial score (nSPS) is 18.7.